The van der Waals surface area contributed by atoms with Gasteiger partial charge >= 0.3 is 17.9 Å². The molecule has 0 fully saturated rings. The van der Waals surface area contributed by atoms with Crippen molar-refractivity contribution in [2.24, 2.45) is 0 Å². The molecule has 0 aliphatic rings. The van der Waals surface area contributed by atoms with Gasteiger partial charge in [-0.2, -0.15) is 0 Å². The monoisotopic (exact) mass is 987 g/mol. The zero-order chi connectivity index (χ0) is 52.0. The second-order valence-corrected chi connectivity index (χ2v) is 18.8. The summed E-state index contributed by atoms with van der Waals surface area (Å²) in [5.74, 6) is -2.07. The molecule has 0 radical (unpaired) electrons. The second-order valence-electron chi connectivity index (χ2n) is 18.8. The van der Waals surface area contributed by atoms with Crippen LogP contribution in [0.25, 0.3) is 0 Å². The van der Waals surface area contributed by atoms with Gasteiger partial charge in [-0.05, 0) is 109 Å². The van der Waals surface area contributed by atoms with E-state index in [-0.39, 0.29) is 38.6 Å². The quantitative estimate of drug-likeness (QED) is 0.0211. The summed E-state index contributed by atoms with van der Waals surface area (Å²) in [5.41, 5.74) is 0. The first-order chi connectivity index (χ1) is 34.6. The number of likely N-dealkylation sites (N-methyl/N-ethyl adjacent to an activating group) is 1. The number of ether oxygens (including phenoxy) is 4. The van der Waals surface area contributed by atoms with Gasteiger partial charge in [0, 0.05) is 12.8 Å². The van der Waals surface area contributed by atoms with Crippen molar-refractivity contribution in [3.63, 3.8) is 0 Å². The smallest absolute Gasteiger partial charge is 0.361 e. The zero-order valence-electron chi connectivity index (χ0n) is 45.3. The van der Waals surface area contributed by atoms with Crippen molar-refractivity contribution in [1.29, 1.82) is 0 Å². The Bertz CT molecular complexity index is 1620. The average molecular weight is 987 g/mol. The van der Waals surface area contributed by atoms with Gasteiger partial charge in [0.1, 0.15) is 13.2 Å². The first kappa shape index (κ1) is 66.4. The Morgan fingerprint density at radius 2 is 0.761 bits per heavy atom. The largest absolute Gasteiger partial charge is 0.477 e. The highest BCUT2D eigenvalue weighted by molar-refractivity contribution is 5.71. The number of carbonyl (C=O) groups excluding carboxylic acids is 2. The van der Waals surface area contributed by atoms with E-state index >= 15 is 0 Å². The Labute approximate surface area is 433 Å². The van der Waals surface area contributed by atoms with Gasteiger partial charge in [0.25, 0.3) is 6.29 Å². The lowest BCUT2D eigenvalue weighted by Crippen LogP contribution is -2.40. The fraction of sp³-hybridized carbons (Fsp3) is 0.597. The van der Waals surface area contributed by atoms with Crippen LogP contribution >= 0.6 is 0 Å². The molecule has 71 heavy (non-hydrogen) atoms. The number of hydrogen-bond donors (Lipinski definition) is 1. The maximum atomic E-state index is 12.9. The molecular formula is C62H100NO8+. The van der Waals surface area contributed by atoms with E-state index in [9.17, 15) is 19.5 Å². The van der Waals surface area contributed by atoms with Crippen LogP contribution in [0.15, 0.2) is 134 Å². The third-order valence-corrected chi connectivity index (χ3v) is 10.9. The van der Waals surface area contributed by atoms with Crippen molar-refractivity contribution in [1.82, 2.24) is 0 Å². The van der Waals surface area contributed by atoms with E-state index in [2.05, 4.69) is 148 Å². The first-order valence-corrected chi connectivity index (χ1v) is 27.3. The number of carboxylic acids is 1. The second kappa shape index (κ2) is 51.8. The summed E-state index contributed by atoms with van der Waals surface area (Å²) >= 11 is 0. The van der Waals surface area contributed by atoms with Crippen molar-refractivity contribution < 1.29 is 42.9 Å². The Morgan fingerprint density at radius 1 is 0.423 bits per heavy atom. The van der Waals surface area contributed by atoms with Crippen molar-refractivity contribution in [2.75, 3.05) is 47.5 Å². The number of unbranched alkanes of at least 4 members (excludes halogenated alkanes) is 11. The van der Waals surface area contributed by atoms with Crippen LogP contribution in [0, 0.1) is 0 Å². The summed E-state index contributed by atoms with van der Waals surface area (Å²) < 4.78 is 22.8. The summed E-state index contributed by atoms with van der Waals surface area (Å²) in [7, 11) is 5.94. The molecule has 0 aliphatic carbocycles. The summed E-state index contributed by atoms with van der Waals surface area (Å²) in [6, 6.07) is 0. The highest BCUT2D eigenvalue weighted by Crippen LogP contribution is 2.13. The lowest BCUT2D eigenvalue weighted by Gasteiger charge is -2.25. The number of carboxylic acid groups (broad SMARTS) is 1. The van der Waals surface area contributed by atoms with E-state index < -0.39 is 24.3 Å². The maximum absolute atomic E-state index is 12.9. The van der Waals surface area contributed by atoms with E-state index in [4.69, 9.17) is 18.9 Å². The van der Waals surface area contributed by atoms with Crippen molar-refractivity contribution in [2.45, 2.75) is 193 Å². The minimum absolute atomic E-state index is 0.172. The topological polar surface area (TPSA) is 108 Å². The van der Waals surface area contributed by atoms with Gasteiger partial charge in [-0.25, -0.2) is 4.79 Å². The molecule has 1 N–H and O–H groups in total. The molecule has 0 aromatic heterocycles. The highest BCUT2D eigenvalue weighted by Gasteiger charge is 2.25. The molecule has 0 heterocycles. The lowest BCUT2D eigenvalue weighted by molar-refractivity contribution is -0.870. The number of rotatable bonds is 48. The molecule has 400 valence electrons. The van der Waals surface area contributed by atoms with Crippen molar-refractivity contribution in [3.05, 3.63) is 134 Å². The van der Waals surface area contributed by atoms with Crippen molar-refractivity contribution >= 4 is 17.9 Å². The molecule has 2 unspecified atom stereocenters. The van der Waals surface area contributed by atoms with Crippen LogP contribution in [0.4, 0.5) is 0 Å². The third-order valence-electron chi connectivity index (χ3n) is 10.9. The van der Waals surface area contributed by atoms with E-state index in [1.165, 1.54) is 19.3 Å². The number of esters is 2. The molecule has 0 aliphatic heterocycles. The molecule has 0 saturated carbocycles. The van der Waals surface area contributed by atoms with Crippen LogP contribution in [-0.4, -0.2) is 87.4 Å². The Hall–Kier alpha value is -4.57. The van der Waals surface area contributed by atoms with Crippen LogP contribution < -0.4 is 0 Å². The Balaban J connectivity index is 4.42. The molecule has 0 amide bonds. The van der Waals surface area contributed by atoms with E-state index in [1.807, 2.05) is 21.1 Å². The Morgan fingerprint density at radius 3 is 1.13 bits per heavy atom. The van der Waals surface area contributed by atoms with Crippen LogP contribution in [0.5, 0.6) is 0 Å². The predicted molar refractivity (Wildman–Crippen MR) is 299 cm³/mol. The van der Waals surface area contributed by atoms with Crippen molar-refractivity contribution in [3.8, 4) is 0 Å². The molecule has 9 nitrogen and oxygen atoms in total. The molecule has 0 rings (SSSR count). The zero-order valence-corrected chi connectivity index (χ0v) is 45.3. The van der Waals surface area contributed by atoms with Gasteiger partial charge in [0.2, 0.25) is 0 Å². The fourth-order valence-corrected chi connectivity index (χ4v) is 6.75. The van der Waals surface area contributed by atoms with Crippen LogP contribution in [0.2, 0.25) is 0 Å². The molecule has 0 aromatic rings. The number of allylic oxidation sites excluding steroid dienone is 22. The SMILES string of the molecule is CC/C=C\C/C=C\C/C=C\C/C=C\C/C=C\C/C=C\CCCCCCC(=O)OC(COC(=O)CCCCCCCCC/C=C\C/C=C\C/C=C\C/C=C\C/C=C\CC)COC(OCC[N+](C)(C)C)C(=O)O. The minimum atomic E-state index is -1.53. The summed E-state index contributed by atoms with van der Waals surface area (Å²) in [6.07, 6.45) is 70.8. The Kier molecular flexibility index (Phi) is 48.4. The number of hydrogen-bond acceptors (Lipinski definition) is 7. The van der Waals surface area contributed by atoms with Gasteiger partial charge in [-0.1, -0.05) is 192 Å². The lowest BCUT2D eigenvalue weighted by atomic mass is 10.1. The number of carbonyl (C=O) groups is 3. The molecule has 9 heteroatoms. The first-order valence-electron chi connectivity index (χ1n) is 27.3. The number of quaternary nitrogens is 1. The normalized spacial score (nSPS) is 13.9. The van der Waals surface area contributed by atoms with Crippen LogP contribution in [-0.2, 0) is 33.3 Å². The van der Waals surface area contributed by atoms with Gasteiger partial charge in [0.15, 0.2) is 6.10 Å². The summed E-state index contributed by atoms with van der Waals surface area (Å²) in [4.78, 5) is 37.4. The molecule has 0 aromatic carbocycles. The predicted octanol–water partition coefficient (Wildman–Crippen LogP) is 15.9. The van der Waals surface area contributed by atoms with E-state index in [0.29, 0.717) is 17.4 Å². The number of nitrogens with zero attached hydrogens (tertiary/aromatic N) is 1. The van der Waals surface area contributed by atoms with Gasteiger partial charge in [-0.15, -0.1) is 0 Å². The van der Waals surface area contributed by atoms with Gasteiger partial charge in [-0.3, -0.25) is 9.59 Å². The minimum Gasteiger partial charge on any atom is -0.477 e. The standard InChI is InChI=1S/C62H99NO8/c1-6-8-10-12-14-16-18-20-22-24-26-28-30-32-34-36-38-40-42-44-46-48-50-52-59(64)69-56-58(57-70-62(61(66)67)68-55-54-63(3,4)5)71-60(65)53-51-49-47-45-43-41-39-37-35-33-31-29-27-25-23-21-19-17-15-13-11-9-7-2/h8-11,14-17,20-23,26-29,32-35,39,41,58,62H,6-7,12-13,18-19,24-25,30-31,36-38,40,42-57H2,1-5H3/p+1/b10-8-,11-9-,16-14-,17-15-,22-20-,23-21-,28-26-,29-27-,34-32-,35-33-,41-39-. The summed E-state index contributed by atoms with van der Waals surface area (Å²) in [6.45, 7) is 4.58. The molecule has 0 bridgehead atoms. The molecular weight excluding hydrogens is 887 g/mol. The van der Waals surface area contributed by atoms with E-state index in [0.717, 1.165) is 128 Å². The molecule has 0 saturated heterocycles. The van der Waals surface area contributed by atoms with Crippen LogP contribution in [0.3, 0.4) is 0 Å². The molecule has 2 atom stereocenters. The average Bonchev–Trinajstić information content (AvgIpc) is 3.34. The molecule has 0 spiro atoms. The summed E-state index contributed by atoms with van der Waals surface area (Å²) in [5, 5.41) is 9.69. The van der Waals surface area contributed by atoms with E-state index in [1.54, 1.807) is 0 Å². The fourth-order valence-electron chi connectivity index (χ4n) is 6.75. The highest BCUT2D eigenvalue weighted by atomic mass is 16.7. The third kappa shape index (κ3) is 53.1. The maximum Gasteiger partial charge on any atom is 0.361 e. The van der Waals surface area contributed by atoms with Gasteiger partial charge < -0.3 is 28.5 Å². The van der Waals surface area contributed by atoms with Gasteiger partial charge in [0.05, 0.1) is 34.4 Å². The number of aliphatic carboxylic acids is 1. The van der Waals surface area contributed by atoms with Crippen LogP contribution in [0.1, 0.15) is 181 Å².